The fraction of sp³-hybridized carbons (Fsp3) is 0.625. The Balaban J connectivity index is 3.06. The first-order chi connectivity index (χ1) is 8.88. The molecule has 0 aliphatic rings. The normalized spacial score (nSPS) is 13.1. The van der Waals surface area contributed by atoms with Crippen LogP contribution in [0.4, 0.5) is 0 Å². The highest BCUT2D eigenvalue weighted by Crippen LogP contribution is 2.29. The van der Waals surface area contributed by atoms with E-state index in [1.807, 2.05) is 0 Å². The highest BCUT2D eigenvalue weighted by atomic mass is 16.5. The van der Waals surface area contributed by atoms with Crippen LogP contribution in [-0.4, -0.2) is 38.7 Å². The molecular formula is C16H28N2O. The number of nitrogens with one attached hydrogen (secondary N) is 1. The molecule has 108 valence electrons. The summed E-state index contributed by atoms with van der Waals surface area (Å²) in [6.45, 7) is 9.62. The van der Waals surface area contributed by atoms with E-state index in [1.54, 1.807) is 7.11 Å². The molecule has 0 bridgehead atoms. The molecule has 0 radical (unpaired) electrons. The maximum absolute atomic E-state index is 5.39. The molecule has 0 saturated carbocycles. The third-order valence-corrected chi connectivity index (χ3v) is 3.70. The van der Waals surface area contributed by atoms with Crippen molar-refractivity contribution in [2.45, 2.75) is 39.8 Å². The van der Waals surface area contributed by atoms with E-state index in [0.717, 1.165) is 12.3 Å². The lowest BCUT2D eigenvalue weighted by Crippen LogP contribution is -2.34. The molecule has 0 amide bonds. The van der Waals surface area contributed by atoms with Crippen molar-refractivity contribution in [2.75, 3.05) is 27.7 Å². The minimum atomic E-state index is 0.381. The Kier molecular flexibility index (Phi) is 5.83. The molecule has 0 saturated heterocycles. The molecule has 0 spiro atoms. The number of hydrogen-bond donors (Lipinski definition) is 1. The van der Waals surface area contributed by atoms with Gasteiger partial charge in [-0.25, -0.2) is 0 Å². The van der Waals surface area contributed by atoms with Crippen LogP contribution in [0.25, 0.3) is 0 Å². The third-order valence-electron chi connectivity index (χ3n) is 3.70. The minimum absolute atomic E-state index is 0.381. The monoisotopic (exact) mass is 264 g/mol. The molecule has 19 heavy (non-hydrogen) atoms. The smallest absolute Gasteiger partial charge is 0.122 e. The average Bonchev–Trinajstić information content (AvgIpc) is 2.34. The van der Waals surface area contributed by atoms with E-state index in [2.05, 4.69) is 64.1 Å². The van der Waals surface area contributed by atoms with E-state index >= 15 is 0 Å². The summed E-state index contributed by atoms with van der Waals surface area (Å²) >= 11 is 0. The quantitative estimate of drug-likeness (QED) is 0.855. The van der Waals surface area contributed by atoms with Crippen LogP contribution in [0.5, 0.6) is 5.75 Å². The Morgan fingerprint density at radius 2 is 1.79 bits per heavy atom. The second-order valence-corrected chi connectivity index (χ2v) is 5.65. The molecule has 0 aliphatic heterocycles. The van der Waals surface area contributed by atoms with Gasteiger partial charge in [-0.3, -0.25) is 0 Å². The molecule has 3 heteroatoms. The van der Waals surface area contributed by atoms with E-state index in [0.29, 0.717) is 12.1 Å². The van der Waals surface area contributed by atoms with Crippen molar-refractivity contribution >= 4 is 0 Å². The summed E-state index contributed by atoms with van der Waals surface area (Å²) in [6, 6.07) is 5.14. The van der Waals surface area contributed by atoms with Gasteiger partial charge < -0.3 is 15.0 Å². The zero-order valence-electron chi connectivity index (χ0n) is 13.4. The van der Waals surface area contributed by atoms with Crippen molar-refractivity contribution in [1.82, 2.24) is 10.2 Å². The fourth-order valence-electron chi connectivity index (χ4n) is 2.32. The van der Waals surface area contributed by atoms with Crippen molar-refractivity contribution < 1.29 is 4.74 Å². The van der Waals surface area contributed by atoms with E-state index in [1.165, 1.54) is 16.7 Å². The predicted octanol–water partition coefficient (Wildman–Crippen LogP) is 2.91. The fourth-order valence-corrected chi connectivity index (χ4v) is 2.32. The number of likely N-dealkylation sites (N-methyl/N-ethyl adjacent to an activating group) is 1. The first kappa shape index (κ1) is 16.0. The summed E-state index contributed by atoms with van der Waals surface area (Å²) in [5.74, 6) is 0.968. The summed E-state index contributed by atoms with van der Waals surface area (Å²) in [6.07, 6.45) is 0. The summed E-state index contributed by atoms with van der Waals surface area (Å²) in [7, 11) is 5.99. The van der Waals surface area contributed by atoms with Crippen molar-refractivity contribution in [2.24, 2.45) is 0 Å². The molecule has 1 rings (SSSR count). The number of ether oxygens (including phenoxy) is 1. The van der Waals surface area contributed by atoms with Crippen LogP contribution in [0.3, 0.4) is 0 Å². The zero-order chi connectivity index (χ0) is 14.6. The zero-order valence-corrected chi connectivity index (χ0v) is 13.4. The Labute approximate surface area is 118 Å². The molecule has 0 fully saturated rings. The summed E-state index contributed by atoms with van der Waals surface area (Å²) < 4.78 is 5.39. The highest BCUT2D eigenvalue weighted by Gasteiger charge is 2.18. The lowest BCUT2D eigenvalue weighted by molar-refractivity contribution is 0.282. The van der Waals surface area contributed by atoms with Gasteiger partial charge in [0.15, 0.2) is 0 Å². The molecule has 3 nitrogen and oxygen atoms in total. The van der Waals surface area contributed by atoms with Crippen LogP contribution in [-0.2, 0) is 0 Å². The maximum atomic E-state index is 5.39. The molecule has 1 aromatic carbocycles. The van der Waals surface area contributed by atoms with E-state index in [-0.39, 0.29) is 0 Å². The summed E-state index contributed by atoms with van der Waals surface area (Å²) in [5, 5.41) is 3.53. The maximum Gasteiger partial charge on any atom is 0.122 e. The third kappa shape index (κ3) is 3.95. The van der Waals surface area contributed by atoms with Gasteiger partial charge in [0, 0.05) is 18.6 Å². The van der Waals surface area contributed by atoms with E-state index in [4.69, 9.17) is 4.74 Å². The summed E-state index contributed by atoms with van der Waals surface area (Å²) in [4.78, 5) is 2.27. The lowest BCUT2D eigenvalue weighted by Gasteiger charge is -2.28. The molecular weight excluding hydrogens is 236 g/mol. The molecule has 1 unspecified atom stereocenters. The second-order valence-electron chi connectivity index (χ2n) is 5.65. The number of benzene rings is 1. The number of nitrogens with zero attached hydrogens (tertiary/aromatic N) is 1. The average molecular weight is 264 g/mol. The first-order valence-electron chi connectivity index (χ1n) is 6.92. The van der Waals surface area contributed by atoms with E-state index < -0.39 is 0 Å². The van der Waals surface area contributed by atoms with Crippen LogP contribution in [0, 0.1) is 13.8 Å². The lowest BCUT2D eigenvalue weighted by atomic mass is 9.96. The molecule has 1 N–H and O–H groups in total. The van der Waals surface area contributed by atoms with Gasteiger partial charge in [-0.2, -0.15) is 0 Å². The van der Waals surface area contributed by atoms with Crippen LogP contribution in [0.15, 0.2) is 12.1 Å². The SMILES string of the molecule is COc1ccc(C(CNC(C)C)N(C)C)c(C)c1C. The van der Waals surface area contributed by atoms with Gasteiger partial charge in [0.1, 0.15) is 5.75 Å². The van der Waals surface area contributed by atoms with Gasteiger partial charge in [-0.05, 0) is 50.7 Å². The number of rotatable bonds is 6. The van der Waals surface area contributed by atoms with Gasteiger partial charge >= 0.3 is 0 Å². The molecule has 1 atom stereocenters. The first-order valence-corrected chi connectivity index (χ1v) is 6.92. The van der Waals surface area contributed by atoms with E-state index in [9.17, 15) is 0 Å². The molecule has 0 aromatic heterocycles. The predicted molar refractivity (Wildman–Crippen MR) is 82.0 cm³/mol. The Morgan fingerprint density at radius 3 is 2.26 bits per heavy atom. The number of methoxy groups -OCH3 is 1. The van der Waals surface area contributed by atoms with Gasteiger partial charge in [0.2, 0.25) is 0 Å². The highest BCUT2D eigenvalue weighted by molar-refractivity contribution is 5.44. The topological polar surface area (TPSA) is 24.5 Å². The van der Waals surface area contributed by atoms with Crippen LogP contribution >= 0.6 is 0 Å². The van der Waals surface area contributed by atoms with Crippen molar-refractivity contribution in [1.29, 1.82) is 0 Å². The van der Waals surface area contributed by atoms with Crippen molar-refractivity contribution in [3.8, 4) is 5.75 Å². The second kappa shape index (κ2) is 6.92. The number of hydrogen-bond acceptors (Lipinski definition) is 3. The molecule has 0 aliphatic carbocycles. The van der Waals surface area contributed by atoms with Gasteiger partial charge in [-0.1, -0.05) is 19.9 Å². The Morgan fingerprint density at radius 1 is 1.16 bits per heavy atom. The minimum Gasteiger partial charge on any atom is -0.496 e. The summed E-state index contributed by atoms with van der Waals surface area (Å²) in [5.41, 5.74) is 3.93. The standard InChI is InChI=1S/C16H28N2O/c1-11(2)17-10-15(18(5)6)14-8-9-16(19-7)13(4)12(14)3/h8-9,11,15,17H,10H2,1-7H3. The van der Waals surface area contributed by atoms with Gasteiger partial charge in [-0.15, -0.1) is 0 Å². The Bertz CT molecular complexity index is 413. The van der Waals surface area contributed by atoms with Crippen molar-refractivity contribution in [3.05, 3.63) is 28.8 Å². The Hall–Kier alpha value is -1.06. The largest absolute Gasteiger partial charge is 0.496 e. The van der Waals surface area contributed by atoms with Crippen LogP contribution in [0.2, 0.25) is 0 Å². The molecule has 0 heterocycles. The van der Waals surface area contributed by atoms with Crippen LogP contribution in [0.1, 0.15) is 36.6 Å². The molecule has 1 aromatic rings. The van der Waals surface area contributed by atoms with Crippen molar-refractivity contribution in [3.63, 3.8) is 0 Å². The van der Waals surface area contributed by atoms with Gasteiger partial charge in [0.25, 0.3) is 0 Å². The van der Waals surface area contributed by atoms with Gasteiger partial charge in [0.05, 0.1) is 7.11 Å². The van der Waals surface area contributed by atoms with Crippen LogP contribution < -0.4 is 10.1 Å².